The van der Waals surface area contributed by atoms with Crippen LogP contribution in [0.1, 0.15) is 28.5 Å². The Kier molecular flexibility index (Phi) is 5.35. The molecule has 0 fully saturated rings. The Hall–Kier alpha value is -3.41. The lowest BCUT2D eigenvalue weighted by molar-refractivity contribution is -0.114. The average Bonchev–Trinajstić information content (AvgIpc) is 3.01. The van der Waals surface area contributed by atoms with Crippen LogP contribution in [-0.4, -0.2) is 33.5 Å². The number of anilines is 1. The highest BCUT2D eigenvalue weighted by Gasteiger charge is 2.14. The lowest BCUT2D eigenvalue weighted by atomic mass is 10.1. The van der Waals surface area contributed by atoms with Crippen molar-refractivity contribution in [2.24, 2.45) is 0 Å². The van der Waals surface area contributed by atoms with Gasteiger partial charge in [-0.3, -0.25) is 9.59 Å². The molecule has 1 heterocycles. The van der Waals surface area contributed by atoms with Gasteiger partial charge in [-0.1, -0.05) is 30.3 Å². The molecule has 2 aromatic carbocycles. The Labute approximate surface area is 158 Å². The van der Waals surface area contributed by atoms with E-state index in [2.05, 4.69) is 10.4 Å². The van der Waals surface area contributed by atoms with Crippen molar-refractivity contribution >= 4 is 17.6 Å². The third kappa shape index (κ3) is 4.41. The highest BCUT2D eigenvalue weighted by Crippen LogP contribution is 2.18. The fourth-order valence-electron chi connectivity index (χ4n) is 2.86. The summed E-state index contributed by atoms with van der Waals surface area (Å²) in [7, 11) is 1.79. The maximum atomic E-state index is 12.7. The van der Waals surface area contributed by atoms with Crippen LogP contribution in [0.15, 0.2) is 60.7 Å². The summed E-state index contributed by atoms with van der Waals surface area (Å²) in [6, 6.07) is 18.9. The van der Waals surface area contributed by atoms with Gasteiger partial charge in [0.15, 0.2) is 0 Å². The molecule has 1 N–H and O–H groups in total. The van der Waals surface area contributed by atoms with Crippen molar-refractivity contribution in [1.29, 1.82) is 0 Å². The maximum absolute atomic E-state index is 12.7. The molecule has 0 radical (unpaired) electrons. The Bertz CT molecular complexity index is 946. The molecule has 0 saturated heterocycles. The molecule has 3 aromatic rings. The first-order valence-electron chi connectivity index (χ1n) is 8.68. The average molecular weight is 362 g/mol. The van der Waals surface area contributed by atoms with E-state index in [0.717, 1.165) is 16.9 Å². The summed E-state index contributed by atoms with van der Waals surface area (Å²) in [6.45, 7) is 3.86. The van der Waals surface area contributed by atoms with Gasteiger partial charge >= 0.3 is 0 Å². The number of hydrogen-bond donors (Lipinski definition) is 1. The van der Waals surface area contributed by atoms with Crippen molar-refractivity contribution in [2.75, 3.05) is 12.4 Å². The number of carbonyl (C=O) groups excluding carboxylic acids is 2. The van der Waals surface area contributed by atoms with Gasteiger partial charge in [0, 0.05) is 32.1 Å². The van der Waals surface area contributed by atoms with Crippen molar-refractivity contribution in [2.45, 2.75) is 20.4 Å². The van der Waals surface area contributed by atoms with Gasteiger partial charge in [0.2, 0.25) is 5.91 Å². The summed E-state index contributed by atoms with van der Waals surface area (Å²) in [5.74, 6) is 0.384. The third-order valence-electron chi connectivity index (χ3n) is 4.10. The standard InChI is InChI=1S/C21H22N4O2/c1-15-13-20(22-16(2)26)25(23-15)19-11-9-18(10-12-19)21(27)24(3)14-17-7-5-4-6-8-17/h4-13H,14H2,1-3H3,(H,22,26). The van der Waals surface area contributed by atoms with Gasteiger partial charge in [0.1, 0.15) is 5.82 Å². The molecule has 3 rings (SSSR count). The van der Waals surface area contributed by atoms with Gasteiger partial charge < -0.3 is 10.2 Å². The van der Waals surface area contributed by atoms with Gasteiger partial charge in [0.05, 0.1) is 11.4 Å². The van der Waals surface area contributed by atoms with Crippen molar-refractivity contribution in [3.8, 4) is 5.69 Å². The largest absolute Gasteiger partial charge is 0.337 e. The van der Waals surface area contributed by atoms with E-state index in [4.69, 9.17) is 0 Å². The molecule has 0 atom stereocenters. The molecule has 27 heavy (non-hydrogen) atoms. The van der Waals surface area contributed by atoms with Crippen LogP contribution < -0.4 is 5.32 Å². The summed E-state index contributed by atoms with van der Waals surface area (Å²) >= 11 is 0. The number of benzene rings is 2. The minimum absolute atomic E-state index is 0.0517. The molecule has 0 aliphatic heterocycles. The number of aromatic nitrogens is 2. The Balaban J connectivity index is 1.77. The molecule has 138 valence electrons. The fraction of sp³-hybridized carbons (Fsp3) is 0.190. The highest BCUT2D eigenvalue weighted by atomic mass is 16.2. The predicted molar refractivity (Wildman–Crippen MR) is 105 cm³/mol. The van der Waals surface area contributed by atoms with Crippen LogP contribution in [0.4, 0.5) is 5.82 Å². The monoisotopic (exact) mass is 362 g/mol. The molecule has 0 aliphatic carbocycles. The van der Waals surface area contributed by atoms with Crippen LogP contribution in [0.5, 0.6) is 0 Å². The van der Waals surface area contributed by atoms with Crippen molar-refractivity contribution in [3.05, 3.63) is 77.5 Å². The normalized spacial score (nSPS) is 10.5. The number of aryl methyl sites for hydroxylation is 1. The minimum atomic E-state index is -0.162. The molecule has 2 amide bonds. The molecule has 0 saturated carbocycles. The second-order valence-electron chi connectivity index (χ2n) is 6.46. The molecular formula is C21H22N4O2. The molecule has 0 unspecified atom stereocenters. The summed E-state index contributed by atoms with van der Waals surface area (Å²) in [4.78, 5) is 25.7. The van der Waals surface area contributed by atoms with E-state index in [9.17, 15) is 9.59 Å². The van der Waals surface area contributed by atoms with Crippen molar-refractivity contribution in [3.63, 3.8) is 0 Å². The first-order valence-corrected chi connectivity index (χ1v) is 8.68. The molecule has 6 heteroatoms. The van der Waals surface area contributed by atoms with Crippen LogP contribution in [-0.2, 0) is 11.3 Å². The zero-order valence-electron chi connectivity index (χ0n) is 15.6. The topological polar surface area (TPSA) is 67.2 Å². The van der Waals surface area contributed by atoms with E-state index in [0.29, 0.717) is 17.9 Å². The molecule has 6 nitrogen and oxygen atoms in total. The Morgan fingerprint density at radius 3 is 2.37 bits per heavy atom. The number of amides is 2. The smallest absolute Gasteiger partial charge is 0.253 e. The van der Waals surface area contributed by atoms with E-state index in [1.807, 2.05) is 49.4 Å². The van der Waals surface area contributed by atoms with E-state index in [1.54, 1.807) is 34.8 Å². The lowest BCUT2D eigenvalue weighted by Gasteiger charge is -2.17. The van der Waals surface area contributed by atoms with Crippen LogP contribution >= 0.6 is 0 Å². The number of nitrogens with one attached hydrogen (secondary N) is 1. The Morgan fingerprint density at radius 1 is 1.07 bits per heavy atom. The van der Waals surface area contributed by atoms with E-state index < -0.39 is 0 Å². The molecule has 0 bridgehead atoms. The number of rotatable bonds is 5. The van der Waals surface area contributed by atoms with Crippen molar-refractivity contribution < 1.29 is 9.59 Å². The summed E-state index contributed by atoms with van der Waals surface area (Å²) in [5, 5.41) is 7.17. The van der Waals surface area contributed by atoms with Gasteiger partial charge in [-0.05, 0) is 36.8 Å². The van der Waals surface area contributed by atoms with Crippen LogP contribution in [0.3, 0.4) is 0 Å². The van der Waals surface area contributed by atoms with Crippen LogP contribution in [0.25, 0.3) is 5.69 Å². The van der Waals surface area contributed by atoms with Gasteiger partial charge in [0.25, 0.3) is 5.91 Å². The first-order chi connectivity index (χ1) is 12.9. The van der Waals surface area contributed by atoms with E-state index in [-0.39, 0.29) is 11.8 Å². The first kappa shape index (κ1) is 18.4. The maximum Gasteiger partial charge on any atom is 0.253 e. The molecule has 0 spiro atoms. The van der Waals surface area contributed by atoms with Gasteiger partial charge in [-0.15, -0.1) is 0 Å². The van der Waals surface area contributed by atoms with E-state index >= 15 is 0 Å². The van der Waals surface area contributed by atoms with E-state index in [1.165, 1.54) is 6.92 Å². The van der Waals surface area contributed by atoms with Gasteiger partial charge in [-0.2, -0.15) is 5.10 Å². The van der Waals surface area contributed by atoms with Crippen LogP contribution in [0.2, 0.25) is 0 Å². The van der Waals surface area contributed by atoms with Crippen molar-refractivity contribution in [1.82, 2.24) is 14.7 Å². The summed E-state index contributed by atoms with van der Waals surface area (Å²) in [6.07, 6.45) is 0. The molecule has 0 aliphatic rings. The van der Waals surface area contributed by atoms with Gasteiger partial charge in [-0.25, -0.2) is 4.68 Å². The second kappa shape index (κ2) is 7.86. The lowest BCUT2D eigenvalue weighted by Crippen LogP contribution is -2.26. The third-order valence-corrected chi connectivity index (χ3v) is 4.10. The predicted octanol–water partition coefficient (Wildman–Crippen LogP) is 3.41. The fourth-order valence-corrected chi connectivity index (χ4v) is 2.86. The number of carbonyl (C=O) groups is 2. The zero-order chi connectivity index (χ0) is 19.4. The highest BCUT2D eigenvalue weighted by molar-refractivity contribution is 5.94. The minimum Gasteiger partial charge on any atom is -0.337 e. The summed E-state index contributed by atoms with van der Waals surface area (Å²) in [5.41, 5.74) is 3.25. The quantitative estimate of drug-likeness (QED) is 0.756. The molecular weight excluding hydrogens is 340 g/mol. The summed E-state index contributed by atoms with van der Waals surface area (Å²) < 4.78 is 1.65. The Morgan fingerprint density at radius 2 is 1.74 bits per heavy atom. The molecule has 1 aromatic heterocycles. The number of hydrogen-bond acceptors (Lipinski definition) is 3. The second-order valence-corrected chi connectivity index (χ2v) is 6.46. The zero-order valence-corrected chi connectivity index (χ0v) is 15.6. The van der Waals surface area contributed by atoms with Crippen LogP contribution in [0, 0.1) is 6.92 Å². The SMILES string of the molecule is CC(=O)Nc1cc(C)nn1-c1ccc(C(=O)N(C)Cc2ccccc2)cc1. The number of nitrogens with zero attached hydrogens (tertiary/aromatic N) is 3.